The highest BCUT2D eigenvalue weighted by atomic mass is 15.0. The summed E-state index contributed by atoms with van der Waals surface area (Å²) >= 11 is 0. The molecular weight excluding hydrogens is 228 g/mol. The zero-order valence-corrected chi connectivity index (χ0v) is 14.2. The zero-order valence-electron chi connectivity index (χ0n) is 14.2. The molecule has 3 saturated carbocycles. The number of hydrogen-bond donors (Lipinski definition) is 0. The molecular formula is C19H34. The normalized spacial score (nSPS) is 49.4. The molecule has 0 N–H and O–H groups in total. The molecule has 0 aromatic rings. The van der Waals surface area contributed by atoms with Crippen molar-refractivity contribution < 1.29 is 0 Å². The van der Waals surface area contributed by atoms with Gasteiger partial charge in [-0.1, -0.05) is 61.3 Å². The Balaban J connectivity index is 1.64. The lowest BCUT2D eigenvalue weighted by molar-refractivity contribution is 0.451. The molecule has 5 atom stereocenters. The molecule has 3 rings (SSSR count). The maximum atomic E-state index is 2.58. The average molecular weight is 262 g/mol. The summed E-state index contributed by atoms with van der Waals surface area (Å²) in [7, 11) is 0. The van der Waals surface area contributed by atoms with Gasteiger partial charge in [-0.05, 0) is 58.7 Å². The maximum absolute atomic E-state index is 2.58. The molecule has 110 valence electrons. The third kappa shape index (κ3) is 1.42. The highest BCUT2D eigenvalue weighted by Gasteiger charge is 2.98. The van der Waals surface area contributed by atoms with Gasteiger partial charge in [-0.15, -0.1) is 0 Å². The van der Waals surface area contributed by atoms with Crippen molar-refractivity contribution in [2.24, 2.45) is 45.8 Å². The first-order chi connectivity index (χ1) is 8.74. The first-order valence-electron chi connectivity index (χ1n) is 8.74. The summed E-state index contributed by atoms with van der Waals surface area (Å²) < 4.78 is 0. The van der Waals surface area contributed by atoms with Gasteiger partial charge in [0.1, 0.15) is 0 Å². The first kappa shape index (κ1) is 14.0. The lowest BCUT2D eigenvalue weighted by atomic mass is 10.0. The highest BCUT2D eigenvalue weighted by molar-refractivity contribution is 5.45. The van der Waals surface area contributed by atoms with Crippen molar-refractivity contribution in [2.75, 3.05) is 0 Å². The van der Waals surface area contributed by atoms with Gasteiger partial charge in [0.05, 0.1) is 0 Å². The number of fused-ring (bicyclic) bond motifs is 1. The van der Waals surface area contributed by atoms with Crippen LogP contribution in [0.3, 0.4) is 0 Å². The Morgan fingerprint density at radius 1 is 1.11 bits per heavy atom. The van der Waals surface area contributed by atoms with E-state index < -0.39 is 0 Å². The van der Waals surface area contributed by atoms with Crippen molar-refractivity contribution in [3.8, 4) is 0 Å². The summed E-state index contributed by atoms with van der Waals surface area (Å²) in [6.45, 7) is 17.3. The van der Waals surface area contributed by atoms with Crippen LogP contribution in [0.15, 0.2) is 0 Å². The fourth-order valence-corrected chi connectivity index (χ4v) is 7.23. The molecule has 0 amide bonds. The second-order valence-corrected chi connectivity index (χ2v) is 9.30. The van der Waals surface area contributed by atoms with Crippen molar-refractivity contribution in [2.45, 2.75) is 74.1 Å². The van der Waals surface area contributed by atoms with E-state index in [1.54, 1.807) is 6.42 Å². The van der Waals surface area contributed by atoms with Gasteiger partial charge < -0.3 is 0 Å². The molecule has 0 aliphatic heterocycles. The number of hydrogen-bond acceptors (Lipinski definition) is 0. The van der Waals surface area contributed by atoms with E-state index in [4.69, 9.17) is 0 Å². The van der Waals surface area contributed by atoms with E-state index in [1.165, 1.54) is 19.3 Å². The van der Waals surface area contributed by atoms with Crippen LogP contribution in [0.4, 0.5) is 0 Å². The van der Waals surface area contributed by atoms with Gasteiger partial charge in [-0.3, -0.25) is 0 Å². The van der Waals surface area contributed by atoms with Crippen LogP contribution in [0.1, 0.15) is 74.1 Å². The van der Waals surface area contributed by atoms with E-state index >= 15 is 0 Å². The van der Waals surface area contributed by atoms with Crippen LogP contribution < -0.4 is 0 Å². The van der Waals surface area contributed by atoms with E-state index in [-0.39, 0.29) is 0 Å². The van der Waals surface area contributed by atoms with Gasteiger partial charge >= 0.3 is 0 Å². The van der Waals surface area contributed by atoms with Crippen LogP contribution in [0.25, 0.3) is 0 Å². The van der Waals surface area contributed by atoms with Gasteiger partial charge in [-0.2, -0.15) is 0 Å². The Hall–Kier alpha value is 0. The van der Waals surface area contributed by atoms with E-state index in [1.807, 2.05) is 0 Å². The summed E-state index contributed by atoms with van der Waals surface area (Å²) in [5.74, 6) is 4.88. The van der Waals surface area contributed by atoms with Gasteiger partial charge in [0.15, 0.2) is 0 Å². The number of rotatable bonds is 5. The molecule has 3 aliphatic carbocycles. The molecule has 5 unspecified atom stereocenters. The van der Waals surface area contributed by atoms with Crippen molar-refractivity contribution >= 4 is 0 Å². The summed E-state index contributed by atoms with van der Waals surface area (Å²) in [6, 6.07) is 0. The molecule has 0 saturated heterocycles. The van der Waals surface area contributed by atoms with Crippen LogP contribution in [0.2, 0.25) is 0 Å². The van der Waals surface area contributed by atoms with Gasteiger partial charge in [0, 0.05) is 0 Å². The van der Waals surface area contributed by atoms with Crippen LogP contribution in [-0.4, -0.2) is 0 Å². The van der Waals surface area contributed by atoms with Crippen LogP contribution in [-0.2, 0) is 0 Å². The minimum absolute atomic E-state index is 0.632. The topological polar surface area (TPSA) is 0 Å². The molecule has 0 bridgehead atoms. The Labute approximate surface area is 120 Å². The smallest absolute Gasteiger partial charge is 0.0114 e. The van der Waals surface area contributed by atoms with Crippen LogP contribution >= 0.6 is 0 Å². The van der Waals surface area contributed by atoms with Gasteiger partial charge in [0.25, 0.3) is 0 Å². The largest absolute Gasteiger partial charge is 0.0628 e. The fourth-order valence-electron chi connectivity index (χ4n) is 7.23. The van der Waals surface area contributed by atoms with Gasteiger partial charge in [-0.25, -0.2) is 0 Å². The maximum Gasteiger partial charge on any atom is -0.0114 e. The fraction of sp³-hybridized carbons (Fsp3) is 1.00. The minimum atomic E-state index is 0.632. The van der Waals surface area contributed by atoms with Crippen molar-refractivity contribution in [1.29, 1.82) is 0 Å². The second kappa shape index (κ2) is 3.80. The third-order valence-corrected chi connectivity index (χ3v) is 7.55. The third-order valence-electron chi connectivity index (χ3n) is 7.55. The van der Waals surface area contributed by atoms with E-state index in [9.17, 15) is 0 Å². The molecule has 0 heterocycles. The molecule has 3 fully saturated rings. The monoisotopic (exact) mass is 262 g/mol. The zero-order chi connectivity index (χ0) is 14.2. The Morgan fingerprint density at radius 3 is 2.21 bits per heavy atom. The quantitative estimate of drug-likeness (QED) is 0.590. The van der Waals surface area contributed by atoms with E-state index in [0.29, 0.717) is 5.41 Å². The molecule has 0 heteroatoms. The van der Waals surface area contributed by atoms with Gasteiger partial charge in [0.2, 0.25) is 0 Å². The molecule has 0 aromatic heterocycles. The summed E-state index contributed by atoms with van der Waals surface area (Å²) in [5.41, 5.74) is 2.20. The summed E-state index contributed by atoms with van der Waals surface area (Å²) in [6.07, 6.45) is 5.99. The Morgan fingerprint density at radius 2 is 1.74 bits per heavy atom. The van der Waals surface area contributed by atoms with Crippen molar-refractivity contribution in [3.05, 3.63) is 0 Å². The molecule has 19 heavy (non-hydrogen) atoms. The standard InChI is InChI=1S/C19H34/c1-12(2)9-8-10-15-11-18(15)14(5)19(18)16(13(3)4)17(19,6)7/h12-16H,8-11H2,1-7H3. The van der Waals surface area contributed by atoms with Crippen molar-refractivity contribution in [3.63, 3.8) is 0 Å². The lowest BCUT2D eigenvalue weighted by Crippen LogP contribution is -1.97. The average Bonchev–Trinajstić information content (AvgIpc) is 3.14. The van der Waals surface area contributed by atoms with E-state index in [0.717, 1.165) is 40.4 Å². The Kier molecular flexibility index (Phi) is 2.79. The summed E-state index contributed by atoms with van der Waals surface area (Å²) in [4.78, 5) is 0. The second-order valence-electron chi connectivity index (χ2n) is 9.30. The van der Waals surface area contributed by atoms with Crippen molar-refractivity contribution in [1.82, 2.24) is 0 Å². The van der Waals surface area contributed by atoms with E-state index in [2.05, 4.69) is 48.5 Å². The predicted octanol–water partition coefficient (Wildman–Crippen LogP) is 5.77. The SMILES string of the molecule is CC(C)CCCC1CC12C(C)C21C(C(C)C)C1(C)C. The molecule has 3 aliphatic rings. The lowest BCUT2D eigenvalue weighted by Gasteiger charge is -2.04. The molecule has 0 nitrogen and oxygen atoms in total. The highest BCUT2D eigenvalue weighted by Crippen LogP contribution is 3.02. The molecule has 2 spiro atoms. The molecule has 0 radical (unpaired) electrons. The Bertz CT molecular complexity index is 377. The molecule has 0 aromatic carbocycles. The first-order valence-corrected chi connectivity index (χ1v) is 8.74. The predicted molar refractivity (Wildman–Crippen MR) is 82.9 cm³/mol. The summed E-state index contributed by atoms with van der Waals surface area (Å²) in [5, 5.41) is 0. The van der Waals surface area contributed by atoms with Crippen LogP contribution in [0.5, 0.6) is 0 Å². The van der Waals surface area contributed by atoms with Crippen LogP contribution in [0, 0.1) is 45.8 Å². The minimum Gasteiger partial charge on any atom is -0.0628 e.